The molecule has 6 nitrogen and oxygen atoms in total. The van der Waals surface area contributed by atoms with Gasteiger partial charge in [0, 0.05) is 12.4 Å². The Morgan fingerprint density at radius 2 is 1.21 bits per heavy atom. The lowest BCUT2D eigenvalue weighted by Gasteiger charge is -2.32. The number of aliphatic carboxylic acids is 1. The molecule has 0 fully saturated rings. The van der Waals surface area contributed by atoms with E-state index < -0.39 is 23.0 Å². The normalized spacial score (nSPS) is 13.6. The molecule has 0 radical (unpaired) electrons. The van der Waals surface area contributed by atoms with E-state index in [1.165, 1.54) is 0 Å². The van der Waals surface area contributed by atoms with Gasteiger partial charge in [-0.1, -0.05) is 0 Å². The second-order valence-corrected chi connectivity index (χ2v) is 6.56. The lowest BCUT2D eigenvalue weighted by Crippen LogP contribution is -2.40. The summed E-state index contributed by atoms with van der Waals surface area (Å²) in [5.41, 5.74) is -1.10. The van der Waals surface area contributed by atoms with Crippen LogP contribution in [-0.2, 0) is 24.3 Å². The Bertz CT molecular complexity index is 268. The van der Waals surface area contributed by atoms with Crippen molar-refractivity contribution in [3.05, 3.63) is 0 Å². The molecule has 0 bridgehead atoms. The summed E-state index contributed by atoms with van der Waals surface area (Å²) < 4.78 is 0. The van der Waals surface area contributed by atoms with Crippen LogP contribution in [0.5, 0.6) is 0 Å². The van der Waals surface area contributed by atoms with Crippen LogP contribution in [0.1, 0.15) is 61.3 Å². The summed E-state index contributed by atoms with van der Waals surface area (Å²) in [6.45, 7) is 12.4. The highest BCUT2D eigenvalue weighted by Crippen LogP contribution is 2.25. The Balaban J connectivity index is 4.56. The van der Waals surface area contributed by atoms with E-state index in [1.54, 1.807) is 48.5 Å². The molecule has 0 atom stereocenters. The van der Waals surface area contributed by atoms with E-state index in [0.717, 1.165) is 0 Å². The van der Waals surface area contributed by atoms with Crippen molar-refractivity contribution >= 4 is 5.97 Å². The van der Waals surface area contributed by atoms with Gasteiger partial charge in [-0.25, -0.2) is 9.78 Å². The van der Waals surface area contributed by atoms with E-state index in [1.807, 2.05) is 0 Å². The average Bonchev–Trinajstić information content (AvgIpc) is 2.19. The second-order valence-electron chi connectivity index (χ2n) is 6.56. The molecule has 0 unspecified atom stereocenters. The van der Waals surface area contributed by atoms with Crippen molar-refractivity contribution in [1.82, 2.24) is 0 Å². The molecule has 6 heteroatoms. The number of hydrogen-bond acceptors (Lipinski definition) is 6. The molecule has 0 aliphatic rings. The molecule has 0 aliphatic heterocycles. The van der Waals surface area contributed by atoms with E-state index in [-0.39, 0.29) is 12.8 Å². The molecule has 0 saturated carbocycles. The smallest absolute Gasteiger partial charge is 0.231 e. The second kappa shape index (κ2) is 6.65. The van der Waals surface area contributed by atoms with Gasteiger partial charge >= 0.3 is 0 Å². The van der Waals surface area contributed by atoms with Crippen LogP contribution < -0.4 is 5.11 Å². The van der Waals surface area contributed by atoms with Crippen LogP contribution in [-0.4, -0.2) is 23.0 Å². The van der Waals surface area contributed by atoms with Crippen molar-refractivity contribution in [2.45, 2.75) is 78.3 Å². The van der Waals surface area contributed by atoms with Crippen LogP contribution in [0.4, 0.5) is 0 Å². The first-order chi connectivity index (χ1) is 8.33. The maximum Gasteiger partial charge on any atom is 0.231 e. The van der Waals surface area contributed by atoms with Gasteiger partial charge < -0.3 is 9.90 Å². The van der Waals surface area contributed by atoms with Gasteiger partial charge in [0.05, 0.1) is 11.2 Å². The average molecular weight is 277 g/mol. The fourth-order valence-electron chi connectivity index (χ4n) is 0.853. The van der Waals surface area contributed by atoms with Crippen LogP contribution in [0.2, 0.25) is 0 Å². The largest absolute Gasteiger partial charge is 0.550 e. The Kier molecular flexibility index (Phi) is 6.41. The summed E-state index contributed by atoms with van der Waals surface area (Å²) in [7, 11) is 0. The van der Waals surface area contributed by atoms with Crippen LogP contribution in [0.3, 0.4) is 0 Å². The van der Waals surface area contributed by atoms with E-state index in [2.05, 4.69) is 0 Å². The summed E-state index contributed by atoms with van der Waals surface area (Å²) in [5.74, 6) is -2.51. The highest BCUT2D eigenvalue weighted by Gasteiger charge is 2.33. The minimum absolute atomic E-state index is 0.0431. The molecule has 0 aromatic rings. The number of carboxylic acid groups (broad SMARTS) is 1. The van der Waals surface area contributed by atoms with E-state index in [0.29, 0.717) is 0 Å². The monoisotopic (exact) mass is 277 g/mol. The van der Waals surface area contributed by atoms with Gasteiger partial charge in [0.2, 0.25) is 5.79 Å². The van der Waals surface area contributed by atoms with E-state index in [4.69, 9.17) is 19.6 Å². The summed E-state index contributed by atoms with van der Waals surface area (Å²) in [6, 6.07) is 0. The zero-order valence-electron chi connectivity index (χ0n) is 12.9. The van der Waals surface area contributed by atoms with Crippen LogP contribution >= 0.6 is 0 Å². The number of carbonyl (C=O) groups is 1. The van der Waals surface area contributed by atoms with Crippen LogP contribution in [0.25, 0.3) is 0 Å². The molecule has 0 aromatic carbocycles. The Morgan fingerprint density at radius 3 is 1.47 bits per heavy atom. The van der Waals surface area contributed by atoms with Gasteiger partial charge in [-0.05, 0) is 54.9 Å². The molecular formula is C13H25O6-. The predicted molar refractivity (Wildman–Crippen MR) is 66.5 cm³/mol. The van der Waals surface area contributed by atoms with Crippen molar-refractivity contribution in [1.29, 1.82) is 0 Å². The van der Waals surface area contributed by atoms with E-state index >= 15 is 0 Å². The first kappa shape index (κ1) is 18.3. The third-order valence-electron chi connectivity index (χ3n) is 1.72. The Hall–Kier alpha value is -0.690. The summed E-state index contributed by atoms with van der Waals surface area (Å²) in [5, 5.41) is 10.5. The highest BCUT2D eigenvalue weighted by molar-refractivity contribution is 5.64. The maximum absolute atomic E-state index is 10.5. The lowest BCUT2D eigenvalue weighted by molar-refractivity contribution is -0.537. The molecule has 0 spiro atoms. The van der Waals surface area contributed by atoms with Gasteiger partial charge in [0.25, 0.3) is 0 Å². The molecular weight excluding hydrogens is 252 g/mol. The zero-order valence-corrected chi connectivity index (χ0v) is 12.9. The number of hydrogen-bond donors (Lipinski definition) is 0. The highest BCUT2D eigenvalue weighted by atomic mass is 17.3. The molecule has 0 saturated heterocycles. The van der Waals surface area contributed by atoms with Crippen molar-refractivity contribution in [3.8, 4) is 0 Å². The first-order valence-electron chi connectivity index (χ1n) is 6.27. The van der Waals surface area contributed by atoms with E-state index in [9.17, 15) is 9.90 Å². The molecule has 0 N–H and O–H groups in total. The van der Waals surface area contributed by atoms with Crippen molar-refractivity contribution in [3.63, 3.8) is 0 Å². The predicted octanol–water partition coefficient (Wildman–Crippen LogP) is 1.73. The van der Waals surface area contributed by atoms with Gasteiger partial charge in [0.15, 0.2) is 0 Å². The molecule has 0 aliphatic carbocycles. The van der Waals surface area contributed by atoms with Gasteiger partial charge in [0.1, 0.15) is 0 Å². The number of rotatable bonds is 7. The molecule has 0 heterocycles. The standard InChI is InChI=1S/C13H26O6/c1-11(2,3)16-18-13(7,9-8-10(14)15)19-17-12(4,5)6/h8-9H2,1-7H3,(H,14,15)/p-1. The quantitative estimate of drug-likeness (QED) is 0.400. The third kappa shape index (κ3) is 10.9. The summed E-state index contributed by atoms with van der Waals surface area (Å²) in [4.78, 5) is 31.3. The fourth-order valence-corrected chi connectivity index (χ4v) is 0.853. The molecule has 114 valence electrons. The zero-order chi connectivity index (χ0) is 15.3. The summed E-state index contributed by atoms with van der Waals surface area (Å²) >= 11 is 0. The summed E-state index contributed by atoms with van der Waals surface area (Å²) in [6.07, 6.45) is -0.182. The van der Waals surface area contributed by atoms with Crippen molar-refractivity contribution in [2.24, 2.45) is 0 Å². The van der Waals surface area contributed by atoms with Crippen LogP contribution in [0, 0.1) is 0 Å². The minimum Gasteiger partial charge on any atom is -0.550 e. The molecule has 19 heavy (non-hydrogen) atoms. The number of carboxylic acids is 1. The fraction of sp³-hybridized carbons (Fsp3) is 0.923. The van der Waals surface area contributed by atoms with Crippen molar-refractivity contribution in [2.75, 3.05) is 0 Å². The van der Waals surface area contributed by atoms with Crippen molar-refractivity contribution < 1.29 is 29.5 Å². The maximum atomic E-state index is 10.5. The van der Waals surface area contributed by atoms with Crippen LogP contribution in [0.15, 0.2) is 0 Å². The molecule has 0 rings (SSSR count). The number of carbonyl (C=O) groups excluding carboxylic acids is 1. The SMILES string of the molecule is CC(C)(C)OOC(C)(CCC(=O)[O-])OOC(C)(C)C. The Labute approximate surface area is 114 Å². The van der Waals surface area contributed by atoms with Gasteiger partial charge in [-0.15, -0.1) is 0 Å². The molecule has 0 aromatic heterocycles. The Morgan fingerprint density at radius 1 is 0.842 bits per heavy atom. The van der Waals surface area contributed by atoms with Gasteiger partial charge in [-0.3, -0.25) is 0 Å². The topological polar surface area (TPSA) is 77.1 Å². The van der Waals surface area contributed by atoms with Gasteiger partial charge in [-0.2, -0.15) is 9.78 Å². The minimum atomic E-state index is -1.32. The third-order valence-corrected chi connectivity index (χ3v) is 1.72. The first-order valence-corrected chi connectivity index (χ1v) is 6.27. The lowest BCUT2D eigenvalue weighted by atomic mass is 10.2. The molecule has 0 amide bonds.